The summed E-state index contributed by atoms with van der Waals surface area (Å²) in [7, 11) is 1.74. The van der Waals surface area contributed by atoms with E-state index in [4.69, 9.17) is 5.11 Å². The molecule has 1 aliphatic rings. The molecule has 0 saturated heterocycles. The van der Waals surface area contributed by atoms with Crippen LogP contribution in [0.4, 0.5) is 0 Å². The first-order valence-electron chi connectivity index (χ1n) is 8.30. The summed E-state index contributed by atoms with van der Waals surface area (Å²) in [4.78, 5) is 30.7. The smallest absolute Gasteiger partial charge is 0.338 e. The van der Waals surface area contributed by atoms with Gasteiger partial charge in [-0.05, 0) is 12.8 Å². The van der Waals surface area contributed by atoms with Crippen molar-refractivity contribution in [2.45, 2.75) is 38.0 Å². The minimum absolute atomic E-state index is 0.0291. The Morgan fingerprint density at radius 1 is 1.32 bits per heavy atom. The van der Waals surface area contributed by atoms with Crippen LogP contribution in [0.1, 0.15) is 54.1 Å². The van der Waals surface area contributed by atoms with Crippen molar-refractivity contribution < 1.29 is 9.90 Å². The van der Waals surface area contributed by atoms with Crippen molar-refractivity contribution >= 4 is 17.0 Å². The highest BCUT2D eigenvalue weighted by molar-refractivity contribution is 5.87. The first-order valence-corrected chi connectivity index (χ1v) is 8.30. The van der Waals surface area contributed by atoms with Gasteiger partial charge in [0.2, 0.25) is 5.95 Å². The van der Waals surface area contributed by atoms with E-state index in [9.17, 15) is 9.59 Å². The highest BCUT2D eigenvalue weighted by atomic mass is 16.4. The third-order valence-corrected chi connectivity index (χ3v) is 4.74. The summed E-state index contributed by atoms with van der Waals surface area (Å²) in [6.45, 7) is 0. The first kappa shape index (κ1) is 15.6. The summed E-state index contributed by atoms with van der Waals surface area (Å²) in [5, 5.41) is 17.6. The molecule has 2 N–H and O–H groups in total. The fraction of sp³-hybridized carbons (Fsp3) is 0.438. The molecule has 0 atom stereocenters. The molecule has 0 aromatic carbocycles. The number of carbonyl (C=O) groups is 1. The molecule has 0 amide bonds. The Bertz CT molecular complexity index is 1010. The Kier molecular flexibility index (Phi) is 3.63. The van der Waals surface area contributed by atoms with Gasteiger partial charge in [0.25, 0.3) is 5.56 Å². The van der Waals surface area contributed by atoms with E-state index in [-0.39, 0.29) is 17.1 Å². The van der Waals surface area contributed by atoms with E-state index >= 15 is 0 Å². The minimum Gasteiger partial charge on any atom is -0.478 e. The van der Waals surface area contributed by atoms with Crippen molar-refractivity contribution in [3.05, 3.63) is 34.0 Å². The van der Waals surface area contributed by atoms with E-state index in [1.807, 2.05) is 0 Å². The lowest BCUT2D eigenvalue weighted by Gasteiger charge is -2.19. The summed E-state index contributed by atoms with van der Waals surface area (Å²) in [6.07, 6.45) is 8.16. The number of aryl methyl sites for hydroxylation is 1. The lowest BCUT2D eigenvalue weighted by Crippen LogP contribution is -2.16. The number of aromatic nitrogens is 6. The van der Waals surface area contributed by atoms with Crippen LogP contribution in [-0.2, 0) is 7.05 Å². The fourth-order valence-electron chi connectivity index (χ4n) is 3.50. The predicted molar refractivity (Wildman–Crippen MR) is 89.0 cm³/mol. The fourth-order valence-corrected chi connectivity index (χ4v) is 3.50. The van der Waals surface area contributed by atoms with Gasteiger partial charge in [-0.2, -0.15) is 10.2 Å². The molecule has 25 heavy (non-hydrogen) atoms. The largest absolute Gasteiger partial charge is 0.478 e. The number of nitrogens with one attached hydrogen (secondary N) is 1. The second-order valence-electron chi connectivity index (χ2n) is 6.41. The van der Waals surface area contributed by atoms with Gasteiger partial charge in [0.15, 0.2) is 5.52 Å². The van der Waals surface area contributed by atoms with Crippen molar-refractivity contribution in [2.24, 2.45) is 7.05 Å². The van der Waals surface area contributed by atoms with Gasteiger partial charge in [-0.3, -0.25) is 14.5 Å². The zero-order valence-corrected chi connectivity index (χ0v) is 13.8. The third-order valence-electron chi connectivity index (χ3n) is 4.74. The van der Waals surface area contributed by atoms with Crippen molar-refractivity contribution in [1.29, 1.82) is 0 Å². The molecule has 1 aliphatic carbocycles. The van der Waals surface area contributed by atoms with E-state index in [2.05, 4.69) is 20.2 Å². The van der Waals surface area contributed by atoms with Crippen LogP contribution < -0.4 is 5.56 Å². The molecule has 3 aromatic rings. The van der Waals surface area contributed by atoms with Crippen LogP contribution in [0.25, 0.3) is 17.0 Å². The molecule has 0 spiro atoms. The molecule has 9 nitrogen and oxygen atoms in total. The average molecular weight is 342 g/mol. The van der Waals surface area contributed by atoms with Gasteiger partial charge >= 0.3 is 5.97 Å². The van der Waals surface area contributed by atoms with Crippen LogP contribution >= 0.6 is 0 Å². The number of carboxylic acid groups (broad SMARTS) is 1. The minimum atomic E-state index is -1.08. The molecule has 9 heteroatoms. The molecule has 3 heterocycles. The molecule has 0 radical (unpaired) electrons. The Morgan fingerprint density at radius 3 is 2.76 bits per heavy atom. The number of aromatic amines is 1. The number of nitrogens with zero attached hydrogens (tertiary/aromatic N) is 5. The lowest BCUT2D eigenvalue weighted by molar-refractivity contribution is 0.0697. The van der Waals surface area contributed by atoms with Gasteiger partial charge in [-0.25, -0.2) is 14.5 Å². The van der Waals surface area contributed by atoms with Crippen LogP contribution in [0.3, 0.4) is 0 Å². The number of hydrogen-bond donors (Lipinski definition) is 2. The Morgan fingerprint density at radius 2 is 2.08 bits per heavy atom. The standard InChI is InChI=1S/C16H18N6O3/c1-21-13-12(11(20-21)9-5-3-2-4-6-9)18-16(19-14(13)23)22-8-10(7-17-22)15(24)25/h7-9H,2-6H2,1H3,(H,24,25)(H,18,19,23). The molecular weight excluding hydrogens is 324 g/mol. The second kappa shape index (κ2) is 5.83. The predicted octanol–water partition coefficient (Wildman–Crippen LogP) is 1.59. The van der Waals surface area contributed by atoms with Gasteiger partial charge in [-0.1, -0.05) is 19.3 Å². The SMILES string of the molecule is Cn1nc(C2CCCCC2)c2nc(-n3cc(C(=O)O)cn3)[nH]c(=O)c21. The molecule has 0 unspecified atom stereocenters. The number of hydrogen-bond acceptors (Lipinski definition) is 5. The maximum absolute atomic E-state index is 12.5. The maximum atomic E-state index is 12.5. The van der Waals surface area contributed by atoms with Gasteiger partial charge in [-0.15, -0.1) is 0 Å². The van der Waals surface area contributed by atoms with Crippen LogP contribution in [0.15, 0.2) is 17.2 Å². The normalized spacial score (nSPS) is 15.7. The van der Waals surface area contributed by atoms with Gasteiger partial charge in [0.1, 0.15) is 5.52 Å². The van der Waals surface area contributed by atoms with Crippen molar-refractivity contribution in [1.82, 2.24) is 29.5 Å². The average Bonchev–Trinajstić information content (AvgIpc) is 3.21. The monoisotopic (exact) mass is 342 g/mol. The van der Waals surface area contributed by atoms with Crippen molar-refractivity contribution in [3.8, 4) is 5.95 Å². The number of fused-ring (bicyclic) bond motifs is 1. The first-order chi connectivity index (χ1) is 12.0. The summed E-state index contributed by atoms with van der Waals surface area (Å²) >= 11 is 0. The van der Waals surface area contributed by atoms with Crippen LogP contribution in [0.5, 0.6) is 0 Å². The van der Waals surface area contributed by atoms with Crippen LogP contribution in [0, 0.1) is 0 Å². The van der Waals surface area contributed by atoms with Crippen molar-refractivity contribution in [3.63, 3.8) is 0 Å². The van der Waals surface area contributed by atoms with E-state index in [1.165, 1.54) is 23.5 Å². The quantitative estimate of drug-likeness (QED) is 0.746. The van der Waals surface area contributed by atoms with E-state index < -0.39 is 5.97 Å². The molecule has 1 saturated carbocycles. The van der Waals surface area contributed by atoms with E-state index in [0.717, 1.165) is 31.4 Å². The lowest BCUT2D eigenvalue weighted by atomic mass is 9.86. The van der Waals surface area contributed by atoms with Gasteiger partial charge in [0.05, 0.1) is 17.5 Å². The molecule has 1 fully saturated rings. The van der Waals surface area contributed by atoms with E-state index in [1.54, 1.807) is 11.7 Å². The second-order valence-corrected chi connectivity index (χ2v) is 6.41. The summed E-state index contributed by atoms with van der Waals surface area (Å²) < 4.78 is 2.84. The van der Waals surface area contributed by atoms with E-state index in [0.29, 0.717) is 17.0 Å². The summed E-state index contributed by atoms with van der Waals surface area (Å²) in [6, 6.07) is 0. The zero-order valence-electron chi connectivity index (χ0n) is 13.8. The Balaban J connectivity index is 1.87. The molecule has 3 aromatic heterocycles. The molecule has 4 rings (SSSR count). The van der Waals surface area contributed by atoms with Crippen LogP contribution in [-0.4, -0.2) is 40.6 Å². The van der Waals surface area contributed by atoms with Crippen molar-refractivity contribution in [2.75, 3.05) is 0 Å². The number of aromatic carboxylic acids is 1. The maximum Gasteiger partial charge on any atom is 0.338 e. The number of rotatable bonds is 3. The Hall–Kier alpha value is -2.97. The summed E-state index contributed by atoms with van der Waals surface area (Å²) in [5.41, 5.74) is 1.55. The van der Waals surface area contributed by atoms with Gasteiger partial charge in [0, 0.05) is 19.2 Å². The molecule has 0 bridgehead atoms. The summed E-state index contributed by atoms with van der Waals surface area (Å²) in [5.74, 6) is -0.596. The van der Waals surface area contributed by atoms with Gasteiger partial charge < -0.3 is 5.11 Å². The molecule has 130 valence electrons. The zero-order chi connectivity index (χ0) is 17.6. The number of carboxylic acids is 1. The topological polar surface area (TPSA) is 119 Å². The molecular formula is C16H18N6O3. The Labute approximate surface area is 142 Å². The highest BCUT2D eigenvalue weighted by Crippen LogP contribution is 2.34. The van der Waals surface area contributed by atoms with Crippen LogP contribution in [0.2, 0.25) is 0 Å². The number of H-pyrrole nitrogens is 1. The molecule has 0 aliphatic heterocycles. The highest BCUT2D eigenvalue weighted by Gasteiger charge is 2.24. The third kappa shape index (κ3) is 2.61.